The van der Waals surface area contributed by atoms with E-state index in [2.05, 4.69) is 10.2 Å². The first-order chi connectivity index (χ1) is 5.66. The first-order valence-corrected chi connectivity index (χ1v) is 4.20. The molecule has 0 aliphatic carbocycles. The van der Waals surface area contributed by atoms with Crippen LogP contribution in [0.2, 0.25) is 0 Å². The Balaban J connectivity index is 3.30. The van der Waals surface area contributed by atoms with Crippen LogP contribution in [0.3, 0.4) is 0 Å². The number of carbonyl (C=O) groups is 1. The Morgan fingerprint density at radius 1 is 1.50 bits per heavy atom. The molecule has 70 valence electrons. The molecule has 0 aromatic rings. The van der Waals surface area contributed by atoms with Crippen LogP contribution >= 0.6 is 0 Å². The fourth-order valence-corrected chi connectivity index (χ4v) is 0.799. The van der Waals surface area contributed by atoms with Crippen LogP contribution in [0.1, 0.15) is 12.8 Å². The van der Waals surface area contributed by atoms with Crippen LogP contribution in [0.25, 0.3) is 0 Å². The highest BCUT2D eigenvalue weighted by atomic mass is 16.1. The highest BCUT2D eigenvalue weighted by Gasteiger charge is 1.89. The van der Waals surface area contributed by atoms with Gasteiger partial charge in [0.1, 0.15) is 0 Å². The zero-order chi connectivity index (χ0) is 9.40. The van der Waals surface area contributed by atoms with Gasteiger partial charge in [-0.25, -0.2) is 0 Å². The molecule has 0 heterocycles. The van der Waals surface area contributed by atoms with E-state index in [1.54, 1.807) is 13.1 Å². The SMILES string of the molecule is CNC(=O)C=CCCCN(C)C. The van der Waals surface area contributed by atoms with E-state index in [-0.39, 0.29) is 5.91 Å². The number of allylic oxidation sites excluding steroid dienone is 1. The maximum atomic E-state index is 10.7. The van der Waals surface area contributed by atoms with Gasteiger partial charge in [0.05, 0.1) is 0 Å². The van der Waals surface area contributed by atoms with Gasteiger partial charge in [0.15, 0.2) is 0 Å². The van der Waals surface area contributed by atoms with Crippen LogP contribution in [0.15, 0.2) is 12.2 Å². The van der Waals surface area contributed by atoms with Gasteiger partial charge in [0.2, 0.25) is 5.91 Å². The Hall–Kier alpha value is -0.830. The highest BCUT2D eigenvalue weighted by Crippen LogP contribution is 1.91. The second-order valence-corrected chi connectivity index (χ2v) is 2.96. The molecule has 0 spiro atoms. The Bertz CT molecular complexity index is 153. The predicted molar refractivity (Wildman–Crippen MR) is 51.0 cm³/mol. The fraction of sp³-hybridized carbons (Fsp3) is 0.667. The number of hydrogen-bond donors (Lipinski definition) is 1. The van der Waals surface area contributed by atoms with E-state index in [4.69, 9.17) is 0 Å². The van der Waals surface area contributed by atoms with Crippen molar-refractivity contribution in [2.24, 2.45) is 0 Å². The molecule has 1 amide bonds. The van der Waals surface area contributed by atoms with Crippen LogP contribution < -0.4 is 5.32 Å². The van der Waals surface area contributed by atoms with Crippen LogP contribution in [0.4, 0.5) is 0 Å². The predicted octanol–water partition coefficient (Wildman–Crippen LogP) is 0.630. The lowest BCUT2D eigenvalue weighted by molar-refractivity contribution is -0.116. The summed E-state index contributed by atoms with van der Waals surface area (Å²) >= 11 is 0. The van der Waals surface area contributed by atoms with Crippen molar-refractivity contribution in [3.05, 3.63) is 12.2 Å². The molecule has 0 saturated heterocycles. The Kier molecular flexibility index (Phi) is 6.38. The minimum atomic E-state index is -0.0279. The van der Waals surface area contributed by atoms with E-state index < -0.39 is 0 Å². The fourth-order valence-electron chi connectivity index (χ4n) is 0.799. The van der Waals surface area contributed by atoms with Crippen molar-refractivity contribution in [1.29, 1.82) is 0 Å². The molecule has 0 unspecified atom stereocenters. The van der Waals surface area contributed by atoms with Gasteiger partial charge >= 0.3 is 0 Å². The van der Waals surface area contributed by atoms with Crippen molar-refractivity contribution < 1.29 is 4.79 Å². The molecule has 0 fully saturated rings. The standard InChI is InChI=1S/C9H18N2O/c1-10-9(12)7-5-4-6-8-11(2)3/h5,7H,4,6,8H2,1-3H3,(H,10,12). The number of amides is 1. The monoisotopic (exact) mass is 170 g/mol. The van der Waals surface area contributed by atoms with Crippen molar-refractivity contribution in [2.75, 3.05) is 27.7 Å². The van der Waals surface area contributed by atoms with Gasteiger partial charge in [-0.2, -0.15) is 0 Å². The first-order valence-electron chi connectivity index (χ1n) is 4.20. The number of likely N-dealkylation sites (N-methyl/N-ethyl adjacent to an activating group) is 1. The average molecular weight is 170 g/mol. The van der Waals surface area contributed by atoms with Gasteiger partial charge in [0, 0.05) is 7.05 Å². The molecule has 3 heteroatoms. The molecule has 0 bridgehead atoms. The van der Waals surface area contributed by atoms with Crippen molar-refractivity contribution in [3.8, 4) is 0 Å². The summed E-state index contributed by atoms with van der Waals surface area (Å²) in [5.74, 6) is -0.0279. The summed E-state index contributed by atoms with van der Waals surface area (Å²) in [7, 11) is 5.72. The van der Waals surface area contributed by atoms with Crippen LogP contribution in [-0.4, -0.2) is 38.5 Å². The lowest BCUT2D eigenvalue weighted by Gasteiger charge is -2.06. The molecule has 0 saturated carbocycles. The topological polar surface area (TPSA) is 32.3 Å². The maximum Gasteiger partial charge on any atom is 0.243 e. The zero-order valence-electron chi connectivity index (χ0n) is 8.13. The minimum Gasteiger partial charge on any atom is -0.356 e. The normalized spacial score (nSPS) is 11.0. The number of nitrogens with zero attached hydrogens (tertiary/aromatic N) is 1. The van der Waals surface area contributed by atoms with Crippen molar-refractivity contribution >= 4 is 5.91 Å². The van der Waals surface area contributed by atoms with E-state index in [9.17, 15) is 4.79 Å². The smallest absolute Gasteiger partial charge is 0.243 e. The van der Waals surface area contributed by atoms with Crippen molar-refractivity contribution in [1.82, 2.24) is 10.2 Å². The largest absolute Gasteiger partial charge is 0.356 e. The molecule has 0 radical (unpaired) electrons. The highest BCUT2D eigenvalue weighted by molar-refractivity contribution is 5.87. The van der Waals surface area contributed by atoms with Gasteiger partial charge in [-0.1, -0.05) is 6.08 Å². The molecule has 0 atom stereocenters. The maximum absolute atomic E-state index is 10.7. The number of hydrogen-bond acceptors (Lipinski definition) is 2. The molecule has 1 N–H and O–H groups in total. The minimum absolute atomic E-state index is 0.0279. The summed E-state index contributed by atoms with van der Waals surface area (Å²) in [6.07, 6.45) is 5.55. The van der Waals surface area contributed by atoms with E-state index in [1.807, 2.05) is 20.2 Å². The Morgan fingerprint density at radius 3 is 2.67 bits per heavy atom. The van der Waals surface area contributed by atoms with Gasteiger partial charge < -0.3 is 10.2 Å². The van der Waals surface area contributed by atoms with Gasteiger partial charge in [-0.15, -0.1) is 0 Å². The summed E-state index contributed by atoms with van der Waals surface area (Å²) in [5.41, 5.74) is 0. The molecular formula is C9H18N2O. The number of unbranched alkanes of at least 4 members (excludes halogenated alkanes) is 1. The molecule has 0 rings (SSSR count). The molecular weight excluding hydrogens is 152 g/mol. The zero-order valence-corrected chi connectivity index (χ0v) is 8.13. The van der Waals surface area contributed by atoms with E-state index in [0.717, 1.165) is 19.4 Å². The van der Waals surface area contributed by atoms with E-state index in [0.29, 0.717) is 0 Å². The van der Waals surface area contributed by atoms with Gasteiger partial charge in [0.25, 0.3) is 0 Å². The Labute approximate surface area is 74.4 Å². The second-order valence-electron chi connectivity index (χ2n) is 2.96. The Morgan fingerprint density at radius 2 is 2.17 bits per heavy atom. The molecule has 0 aliphatic heterocycles. The molecule has 0 aliphatic rings. The third kappa shape index (κ3) is 7.28. The molecule has 12 heavy (non-hydrogen) atoms. The third-order valence-electron chi connectivity index (χ3n) is 1.49. The first kappa shape index (κ1) is 11.2. The van der Waals surface area contributed by atoms with E-state index in [1.165, 1.54) is 0 Å². The molecule has 0 aromatic heterocycles. The summed E-state index contributed by atoms with van der Waals surface area (Å²) in [4.78, 5) is 12.8. The summed E-state index contributed by atoms with van der Waals surface area (Å²) < 4.78 is 0. The van der Waals surface area contributed by atoms with Crippen molar-refractivity contribution in [3.63, 3.8) is 0 Å². The summed E-state index contributed by atoms with van der Waals surface area (Å²) in [6.45, 7) is 1.07. The van der Waals surface area contributed by atoms with Gasteiger partial charge in [-0.05, 0) is 39.6 Å². The lowest BCUT2D eigenvalue weighted by Crippen LogP contribution is -2.14. The lowest BCUT2D eigenvalue weighted by atomic mass is 10.3. The second kappa shape index (κ2) is 6.85. The van der Waals surface area contributed by atoms with Crippen LogP contribution in [0, 0.1) is 0 Å². The number of carbonyl (C=O) groups excluding carboxylic acids is 1. The van der Waals surface area contributed by atoms with Gasteiger partial charge in [-0.3, -0.25) is 4.79 Å². The van der Waals surface area contributed by atoms with Crippen molar-refractivity contribution in [2.45, 2.75) is 12.8 Å². The quantitative estimate of drug-likeness (QED) is 0.485. The molecule has 0 aromatic carbocycles. The molecule has 3 nitrogen and oxygen atoms in total. The van der Waals surface area contributed by atoms with E-state index >= 15 is 0 Å². The summed E-state index contributed by atoms with van der Waals surface area (Å²) in [5, 5.41) is 2.53. The van der Waals surface area contributed by atoms with Crippen LogP contribution in [-0.2, 0) is 4.79 Å². The summed E-state index contributed by atoms with van der Waals surface area (Å²) in [6, 6.07) is 0. The number of nitrogens with one attached hydrogen (secondary N) is 1. The van der Waals surface area contributed by atoms with Crippen LogP contribution in [0.5, 0.6) is 0 Å². The average Bonchev–Trinajstić information content (AvgIpc) is 2.03. The third-order valence-corrected chi connectivity index (χ3v) is 1.49. The number of rotatable bonds is 5.